The summed E-state index contributed by atoms with van der Waals surface area (Å²) in [6.07, 6.45) is 1.87. The highest BCUT2D eigenvalue weighted by Crippen LogP contribution is 2.28. The van der Waals surface area contributed by atoms with Gasteiger partial charge in [-0.15, -0.1) is 0 Å². The van der Waals surface area contributed by atoms with Gasteiger partial charge in [0, 0.05) is 12.6 Å². The third-order valence-corrected chi connectivity index (χ3v) is 3.60. The van der Waals surface area contributed by atoms with Crippen molar-refractivity contribution >= 4 is 11.9 Å². The molecule has 1 aromatic rings. The maximum atomic E-state index is 12.8. The van der Waals surface area contributed by atoms with Crippen LogP contribution in [0.25, 0.3) is 0 Å². The van der Waals surface area contributed by atoms with Gasteiger partial charge in [0.25, 0.3) is 0 Å². The molecule has 5 nitrogen and oxygen atoms in total. The molecule has 1 saturated carbocycles. The lowest BCUT2D eigenvalue weighted by atomic mass is 10.2. The summed E-state index contributed by atoms with van der Waals surface area (Å²) in [6.45, 7) is 1.96. The number of carboxylic acid groups (broad SMARTS) is 1. The molecule has 0 saturated heterocycles. The second-order valence-electron chi connectivity index (χ2n) is 5.32. The van der Waals surface area contributed by atoms with Gasteiger partial charge in [-0.1, -0.05) is 12.1 Å². The smallest absolute Gasteiger partial charge is 0.320 e. The Bertz CT molecular complexity index is 514. The Morgan fingerprint density at radius 2 is 2.00 bits per heavy atom. The zero-order chi connectivity index (χ0) is 15.4. The van der Waals surface area contributed by atoms with Crippen LogP contribution in [0.4, 0.5) is 4.39 Å². The number of aliphatic carboxylic acids is 1. The summed E-state index contributed by atoms with van der Waals surface area (Å²) < 4.78 is 12.8. The van der Waals surface area contributed by atoms with Gasteiger partial charge in [0.2, 0.25) is 5.91 Å². The second kappa shape index (κ2) is 6.67. The molecule has 2 N–H and O–H groups in total. The Balaban J connectivity index is 1.84. The van der Waals surface area contributed by atoms with Crippen molar-refractivity contribution in [2.24, 2.45) is 0 Å². The molecule has 1 aliphatic rings. The van der Waals surface area contributed by atoms with Crippen molar-refractivity contribution in [3.63, 3.8) is 0 Å². The molecular weight excluding hydrogens is 275 g/mol. The molecule has 1 aliphatic carbocycles. The van der Waals surface area contributed by atoms with Gasteiger partial charge in [-0.05, 0) is 37.5 Å². The van der Waals surface area contributed by atoms with Crippen molar-refractivity contribution in [1.29, 1.82) is 0 Å². The van der Waals surface area contributed by atoms with Crippen LogP contribution in [-0.4, -0.2) is 40.5 Å². The highest BCUT2D eigenvalue weighted by Gasteiger charge is 2.36. The van der Waals surface area contributed by atoms with Gasteiger partial charge in [-0.25, -0.2) is 4.39 Å². The number of benzene rings is 1. The summed E-state index contributed by atoms with van der Waals surface area (Å²) in [4.78, 5) is 24.7. The van der Waals surface area contributed by atoms with Crippen LogP contribution < -0.4 is 5.32 Å². The number of hydrogen-bond acceptors (Lipinski definition) is 3. The standard InChI is InChI=1S/C15H19FN2O3/c1-10(15(20)21)18(13-6-7-13)9-14(19)17-8-11-2-4-12(16)5-3-11/h2-5,10,13H,6-9H2,1H3,(H,17,19)(H,20,21). The Morgan fingerprint density at radius 3 is 2.52 bits per heavy atom. The van der Waals surface area contributed by atoms with Crippen molar-refractivity contribution < 1.29 is 19.1 Å². The molecule has 0 aliphatic heterocycles. The molecule has 114 valence electrons. The van der Waals surface area contributed by atoms with Crippen molar-refractivity contribution in [1.82, 2.24) is 10.2 Å². The summed E-state index contributed by atoms with van der Waals surface area (Å²) in [5.74, 6) is -1.46. The van der Waals surface area contributed by atoms with E-state index in [2.05, 4.69) is 5.32 Å². The summed E-state index contributed by atoms with van der Waals surface area (Å²) in [7, 11) is 0. The topological polar surface area (TPSA) is 69.6 Å². The van der Waals surface area contributed by atoms with E-state index in [1.807, 2.05) is 0 Å². The van der Waals surface area contributed by atoms with E-state index in [1.54, 1.807) is 24.0 Å². The number of amides is 1. The lowest BCUT2D eigenvalue weighted by molar-refractivity contribution is -0.143. The predicted octanol–water partition coefficient (Wildman–Crippen LogP) is 1.38. The van der Waals surface area contributed by atoms with Crippen LogP contribution in [0.15, 0.2) is 24.3 Å². The van der Waals surface area contributed by atoms with E-state index in [4.69, 9.17) is 5.11 Å². The van der Waals surface area contributed by atoms with Crippen molar-refractivity contribution in [3.05, 3.63) is 35.6 Å². The van der Waals surface area contributed by atoms with Crippen LogP contribution >= 0.6 is 0 Å². The number of nitrogens with zero attached hydrogens (tertiary/aromatic N) is 1. The fourth-order valence-corrected chi connectivity index (χ4v) is 2.15. The molecule has 2 rings (SSSR count). The van der Waals surface area contributed by atoms with Gasteiger partial charge < -0.3 is 10.4 Å². The SMILES string of the molecule is CC(C(=O)O)N(CC(=O)NCc1ccc(F)cc1)C1CC1. The minimum absolute atomic E-state index is 0.0688. The Morgan fingerprint density at radius 1 is 1.38 bits per heavy atom. The summed E-state index contributed by atoms with van der Waals surface area (Å²) >= 11 is 0. The zero-order valence-electron chi connectivity index (χ0n) is 11.9. The fourth-order valence-electron chi connectivity index (χ4n) is 2.15. The van der Waals surface area contributed by atoms with E-state index in [0.29, 0.717) is 6.54 Å². The molecular formula is C15H19FN2O3. The Hall–Kier alpha value is -1.95. The third-order valence-electron chi connectivity index (χ3n) is 3.60. The molecule has 1 fully saturated rings. The molecule has 0 aromatic heterocycles. The largest absolute Gasteiger partial charge is 0.480 e. The summed E-state index contributed by atoms with van der Waals surface area (Å²) in [5, 5.41) is 11.8. The number of hydrogen-bond donors (Lipinski definition) is 2. The van der Waals surface area contributed by atoms with E-state index in [9.17, 15) is 14.0 Å². The number of carbonyl (C=O) groups excluding carboxylic acids is 1. The van der Waals surface area contributed by atoms with Crippen molar-refractivity contribution in [3.8, 4) is 0 Å². The van der Waals surface area contributed by atoms with E-state index in [1.165, 1.54) is 12.1 Å². The van der Waals surface area contributed by atoms with Crippen molar-refractivity contribution in [2.75, 3.05) is 6.54 Å². The van der Waals surface area contributed by atoms with Gasteiger partial charge in [0.05, 0.1) is 6.54 Å². The van der Waals surface area contributed by atoms with E-state index in [-0.39, 0.29) is 24.3 Å². The van der Waals surface area contributed by atoms with Crippen LogP contribution in [0, 0.1) is 5.82 Å². The molecule has 6 heteroatoms. The van der Waals surface area contributed by atoms with Crippen LogP contribution in [-0.2, 0) is 16.1 Å². The van der Waals surface area contributed by atoms with Crippen LogP contribution in [0.1, 0.15) is 25.3 Å². The minimum Gasteiger partial charge on any atom is -0.480 e. The van der Waals surface area contributed by atoms with E-state index in [0.717, 1.165) is 18.4 Å². The number of carboxylic acids is 1. The van der Waals surface area contributed by atoms with Crippen LogP contribution in [0.3, 0.4) is 0 Å². The Labute approximate surface area is 122 Å². The first-order valence-electron chi connectivity index (χ1n) is 6.97. The van der Waals surface area contributed by atoms with Gasteiger partial charge in [-0.3, -0.25) is 14.5 Å². The molecule has 21 heavy (non-hydrogen) atoms. The zero-order valence-corrected chi connectivity index (χ0v) is 11.9. The maximum absolute atomic E-state index is 12.8. The van der Waals surface area contributed by atoms with Gasteiger partial charge >= 0.3 is 5.97 Å². The quantitative estimate of drug-likeness (QED) is 0.797. The van der Waals surface area contributed by atoms with E-state index < -0.39 is 12.0 Å². The predicted molar refractivity (Wildman–Crippen MR) is 75.1 cm³/mol. The Kier molecular flexibility index (Phi) is 4.90. The van der Waals surface area contributed by atoms with Crippen LogP contribution in [0.2, 0.25) is 0 Å². The average molecular weight is 294 g/mol. The lowest BCUT2D eigenvalue weighted by Gasteiger charge is -2.25. The first-order valence-corrected chi connectivity index (χ1v) is 6.97. The first-order chi connectivity index (χ1) is 9.97. The number of carbonyl (C=O) groups is 2. The summed E-state index contributed by atoms with van der Waals surface area (Å²) in [5.41, 5.74) is 0.800. The molecule has 1 amide bonds. The minimum atomic E-state index is -0.923. The summed E-state index contributed by atoms with van der Waals surface area (Å²) in [6, 6.07) is 5.40. The van der Waals surface area contributed by atoms with Gasteiger partial charge in [0.1, 0.15) is 11.9 Å². The fraction of sp³-hybridized carbons (Fsp3) is 0.467. The molecule has 1 aromatic carbocycles. The molecule has 0 spiro atoms. The molecule has 1 unspecified atom stereocenters. The molecule has 0 heterocycles. The average Bonchev–Trinajstić information content (AvgIpc) is 3.28. The number of nitrogens with one attached hydrogen (secondary N) is 1. The van der Waals surface area contributed by atoms with Gasteiger partial charge in [-0.2, -0.15) is 0 Å². The van der Waals surface area contributed by atoms with E-state index >= 15 is 0 Å². The normalized spacial score (nSPS) is 15.8. The second-order valence-corrected chi connectivity index (χ2v) is 5.32. The highest BCUT2D eigenvalue weighted by molar-refractivity contribution is 5.80. The molecule has 0 radical (unpaired) electrons. The molecule has 1 atom stereocenters. The molecule has 0 bridgehead atoms. The number of rotatable bonds is 7. The van der Waals surface area contributed by atoms with Crippen LogP contribution in [0.5, 0.6) is 0 Å². The van der Waals surface area contributed by atoms with Crippen molar-refractivity contribution in [2.45, 2.75) is 38.4 Å². The van der Waals surface area contributed by atoms with Gasteiger partial charge in [0.15, 0.2) is 0 Å². The lowest BCUT2D eigenvalue weighted by Crippen LogP contribution is -2.46. The first kappa shape index (κ1) is 15.4. The third kappa shape index (κ3) is 4.53. The number of halogens is 1. The monoisotopic (exact) mass is 294 g/mol. The highest BCUT2D eigenvalue weighted by atomic mass is 19.1. The maximum Gasteiger partial charge on any atom is 0.320 e.